The summed E-state index contributed by atoms with van der Waals surface area (Å²) >= 11 is 9.32. The number of rotatable bonds is 2. The number of alkyl halides is 1. The quantitative estimate of drug-likeness (QED) is 0.786. The second-order valence-corrected chi connectivity index (χ2v) is 5.35. The molecule has 1 aliphatic rings. The highest BCUT2D eigenvalue weighted by Gasteiger charge is 2.30. The van der Waals surface area contributed by atoms with E-state index in [1.54, 1.807) is 24.1 Å². The summed E-state index contributed by atoms with van der Waals surface area (Å²) in [5.74, 6) is 0.727. The van der Waals surface area contributed by atoms with Gasteiger partial charge in [0.05, 0.1) is 12.8 Å². The molecule has 1 fully saturated rings. The van der Waals surface area contributed by atoms with E-state index < -0.39 is 0 Å². The van der Waals surface area contributed by atoms with Crippen LogP contribution < -0.4 is 9.64 Å². The average molecular weight is 305 g/mol. The zero-order valence-electron chi connectivity index (χ0n) is 8.74. The van der Waals surface area contributed by atoms with E-state index in [0.717, 1.165) is 5.69 Å². The topological polar surface area (TPSA) is 29.5 Å². The Labute approximate surface area is 107 Å². The molecular formula is C11H11BrClNO2. The van der Waals surface area contributed by atoms with Crippen LogP contribution in [-0.2, 0) is 4.79 Å². The van der Waals surface area contributed by atoms with Gasteiger partial charge in [-0.15, -0.1) is 0 Å². The van der Waals surface area contributed by atoms with E-state index in [2.05, 4.69) is 15.9 Å². The van der Waals surface area contributed by atoms with Crippen molar-refractivity contribution in [2.75, 3.05) is 18.6 Å². The van der Waals surface area contributed by atoms with Crippen LogP contribution in [0.2, 0.25) is 5.02 Å². The minimum Gasteiger partial charge on any atom is -0.495 e. The molecule has 1 amide bonds. The maximum Gasteiger partial charge on any atom is 0.228 e. The molecule has 16 heavy (non-hydrogen) atoms. The summed E-state index contributed by atoms with van der Waals surface area (Å²) in [6.07, 6.45) is 0.520. The van der Waals surface area contributed by atoms with E-state index in [9.17, 15) is 4.79 Å². The summed E-state index contributed by atoms with van der Waals surface area (Å²) < 4.78 is 5.23. The van der Waals surface area contributed by atoms with Gasteiger partial charge in [-0.25, -0.2) is 0 Å². The van der Waals surface area contributed by atoms with Gasteiger partial charge in [-0.2, -0.15) is 0 Å². The number of amides is 1. The summed E-state index contributed by atoms with van der Waals surface area (Å²) in [7, 11) is 1.57. The Balaban J connectivity index is 2.36. The maximum atomic E-state index is 11.7. The molecule has 0 aromatic heterocycles. The molecule has 2 rings (SSSR count). The lowest BCUT2D eigenvalue weighted by atomic mass is 10.2. The Morgan fingerprint density at radius 3 is 2.88 bits per heavy atom. The summed E-state index contributed by atoms with van der Waals surface area (Å²) in [4.78, 5) is 13.7. The summed E-state index contributed by atoms with van der Waals surface area (Å²) in [6, 6.07) is 5.28. The molecule has 1 aromatic rings. The first kappa shape index (κ1) is 11.7. The van der Waals surface area contributed by atoms with Crippen molar-refractivity contribution in [3.63, 3.8) is 0 Å². The van der Waals surface area contributed by atoms with Crippen LogP contribution in [0.25, 0.3) is 0 Å². The van der Waals surface area contributed by atoms with Crippen molar-refractivity contribution >= 4 is 39.1 Å². The van der Waals surface area contributed by atoms with E-state index in [4.69, 9.17) is 16.3 Å². The minimum absolute atomic E-state index is 0.0995. The normalized spacial score (nSPS) is 20.3. The van der Waals surface area contributed by atoms with Gasteiger partial charge < -0.3 is 9.64 Å². The van der Waals surface area contributed by atoms with Crippen molar-refractivity contribution in [3.05, 3.63) is 23.2 Å². The molecule has 0 radical (unpaired) electrons. The van der Waals surface area contributed by atoms with Gasteiger partial charge in [0.15, 0.2) is 0 Å². The first-order valence-corrected chi connectivity index (χ1v) is 6.19. The Hall–Kier alpha value is -0.740. The molecular weight excluding hydrogens is 293 g/mol. The second-order valence-electron chi connectivity index (χ2n) is 3.62. The second kappa shape index (κ2) is 4.63. The van der Waals surface area contributed by atoms with Crippen molar-refractivity contribution < 1.29 is 9.53 Å². The molecule has 0 bridgehead atoms. The Bertz CT molecular complexity index is 424. The number of benzene rings is 1. The van der Waals surface area contributed by atoms with Gasteiger partial charge in [0.2, 0.25) is 5.91 Å². The number of ether oxygens (including phenoxy) is 1. The predicted molar refractivity (Wildman–Crippen MR) is 67.7 cm³/mol. The number of nitrogens with zero attached hydrogens (tertiary/aromatic N) is 1. The zero-order valence-corrected chi connectivity index (χ0v) is 11.1. The molecule has 5 heteroatoms. The van der Waals surface area contributed by atoms with Gasteiger partial charge in [-0.1, -0.05) is 27.5 Å². The van der Waals surface area contributed by atoms with Crippen LogP contribution in [-0.4, -0.2) is 24.4 Å². The van der Waals surface area contributed by atoms with Crippen LogP contribution in [0.4, 0.5) is 5.69 Å². The number of methoxy groups -OCH3 is 1. The Morgan fingerprint density at radius 1 is 1.56 bits per heavy atom. The number of carbonyl (C=O) groups excluding carboxylic acids is 1. The molecule has 0 N–H and O–H groups in total. The van der Waals surface area contributed by atoms with Gasteiger partial charge >= 0.3 is 0 Å². The van der Waals surface area contributed by atoms with Crippen LogP contribution in [0.15, 0.2) is 18.2 Å². The fourth-order valence-electron chi connectivity index (χ4n) is 1.77. The molecule has 0 spiro atoms. The highest BCUT2D eigenvalue weighted by Crippen LogP contribution is 2.34. The first-order valence-electron chi connectivity index (χ1n) is 4.90. The third-order valence-electron chi connectivity index (χ3n) is 2.51. The largest absolute Gasteiger partial charge is 0.495 e. The zero-order chi connectivity index (χ0) is 11.7. The van der Waals surface area contributed by atoms with Crippen molar-refractivity contribution in [2.24, 2.45) is 0 Å². The van der Waals surface area contributed by atoms with Crippen molar-refractivity contribution in [1.82, 2.24) is 0 Å². The summed E-state index contributed by atoms with van der Waals surface area (Å²) in [5, 5.41) is 0.600. The van der Waals surface area contributed by atoms with Crippen LogP contribution in [0.1, 0.15) is 6.42 Å². The van der Waals surface area contributed by atoms with E-state index in [0.29, 0.717) is 23.7 Å². The van der Waals surface area contributed by atoms with E-state index in [1.165, 1.54) is 0 Å². The number of carbonyl (C=O) groups is 1. The molecule has 3 nitrogen and oxygen atoms in total. The van der Waals surface area contributed by atoms with Crippen LogP contribution in [0.5, 0.6) is 5.75 Å². The van der Waals surface area contributed by atoms with Gasteiger partial charge in [0.25, 0.3) is 0 Å². The molecule has 1 aromatic carbocycles. The first-order chi connectivity index (χ1) is 7.61. The molecule has 1 heterocycles. The standard InChI is InChI=1S/C11H11BrClNO2/c1-16-10-5-8(13)2-3-9(10)14-6-7(12)4-11(14)15/h2-3,5,7H,4,6H2,1H3. The molecule has 86 valence electrons. The third-order valence-corrected chi connectivity index (χ3v) is 3.36. The summed E-state index contributed by atoms with van der Waals surface area (Å²) in [5.41, 5.74) is 0.777. The fraction of sp³-hybridized carbons (Fsp3) is 0.364. The monoisotopic (exact) mass is 303 g/mol. The van der Waals surface area contributed by atoms with E-state index >= 15 is 0 Å². The predicted octanol–water partition coefficient (Wildman–Crippen LogP) is 2.85. The van der Waals surface area contributed by atoms with Gasteiger partial charge in [-0.3, -0.25) is 4.79 Å². The third kappa shape index (κ3) is 2.18. The average Bonchev–Trinajstić information content (AvgIpc) is 2.57. The number of hydrogen-bond acceptors (Lipinski definition) is 2. The van der Waals surface area contributed by atoms with Crippen molar-refractivity contribution in [3.8, 4) is 5.75 Å². The number of halogens is 2. The summed E-state index contributed by atoms with van der Waals surface area (Å²) in [6.45, 7) is 0.664. The lowest BCUT2D eigenvalue weighted by molar-refractivity contribution is -0.117. The van der Waals surface area contributed by atoms with Crippen molar-refractivity contribution in [2.45, 2.75) is 11.2 Å². The SMILES string of the molecule is COc1cc(Cl)ccc1N1CC(Br)CC1=O. The molecule has 1 saturated heterocycles. The molecule has 1 atom stereocenters. The molecule has 0 aliphatic carbocycles. The molecule has 1 unspecified atom stereocenters. The number of hydrogen-bond donors (Lipinski definition) is 0. The van der Waals surface area contributed by atoms with Gasteiger partial charge in [0, 0.05) is 28.9 Å². The van der Waals surface area contributed by atoms with Crippen LogP contribution >= 0.6 is 27.5 Å². The smallest absolute Gasteiger partial charge is 0.228 e. The minimum atomic E-state index is 0.0995. The Morgan fingerprint density at radius 2 is 2.31 bits per heavy atom. The lowest BCUT2D eigenvalue weighted by Gasteiger charge is -2.19. The van der Waals surface area contributed by atoms with E-state index in [1.807, 2.05) is 6.07 Å². The van der Waals surface area contributed by atoms with Gasteiger partial charge in [0.1, 0.15) is 5.75 Å². The highest BCUT2D eigenvalue weighted by atomic mass is 79.9. The highest BCUT2D eigenvalue weighted by molar-refractivity contribution is 9.09. The maximum absolute atomic E-state index is 11.7. The molecule has 1 aliphatic heterocycles. The van der Waals surface area contributed by atoms with Crippen LogP contribution in [0.3, 0.4) is 0 Å². The fourth-order valence-corrected chi connectivity index (χ4v) is 2.50. The lowest BCUT2D eigenvalue weighted by Crippen LogP contribution is -2.25. The Kier molecular flexibility index (Phi) is 3.40. The molecule has 0 saturated carbocycles. The van der Waals surface area contributed by atoms with Crippen molar-refractivity contribution in [1.29, 1.82) is 0 Å². The van der Waals surface area contributed by atoms with Crippen LogP contribution in [0, 0.1) is 0 Å². The van der Waals surface area contributed by atoms with Gasteiger partial charge in [-0.05, 0) is 12.1 Å². The number of anilines is 1. The van der Waals surface area contributed by atoms with E-state index in [-0.39, 0.29) is 10.7 Å².